The van der Waals surface area contributed by atoms with Crippen LogP contribution in [0.1, 0.15) is 56.4 Å². The molecule has 0 radical (unpaired) electrons. The lowest BCUT2D eigenvalue weighted by molar-refractivity contribution is 0.0376. The number of nitrogens with one attached hydrogen (secondary N) is 1. The maximum Gasteiger partial charge on any atom is 0.355 e. The zero-order chi connectivity index (χ0) is 18.7. The van der Waals surface area contributed by atoms with E-state index in [0.717, 1.165) is 0 Å². The van der Waals surface area contributed by atoms with Gasteiger partial charge in [0.1, 0.15) is 5.69 Å². The first-order chi connectivity index (χ1) is 11.7. The molecule has 0 fully saturated rings. The summed E-state index contributed by atoms with van der Waals surface area (Å²) in [5.41, 5.74) is 1.87. The van der Waals surface area contributed by atoms with Gasteiger partial charge in [-0.05, 0) is 45.4 Å². The first-order valence-electron chi connectivity index (χ1n) is 7.94. The van der Waals surface area contributed by atoms with Crippen LogP contribution in [0.3, 0.4) is 0 Å². The number of esters is 2. The minimum Gasteiger partial charge on any atom is -0.459 e. The second kappa shape index (κ2) is 7.38. The van der Waals surface area contributed by atoms with Crippen LogP contribution in [0, 0.1) is 13.8 Å². The van der Waals surface area contributed by atoms with E-state index in [2.05, 4.69) is 4.98 Å². The Hall–Kier alpha value is -2.83. The Morgan fingerprint density at radius 2 is 1.88 bits per heavy atom. The van der Waals surface area contributed by atoms with Crippen molar-refractivity contribution in [3.8, 4) is 0 Å². The van der Waals surface area contributed by atoms with Gasteiger partial charge in [-0.1, -0.05) is 0 Å². The zero-order valence-corrected chi connectivity index (χ0v) is 15.0. The summed E-state index contributed by atoms with van der Waals surface area (Å²) < 4.78 is 11.9. The summed E-state index contributed by atoms with van der Waals surface area (Å²) in [5, 5.41) is 0. The van der Waals surface area contributed by atoms with Gasteiger partial charge in [0.2, 0.25) is 5.78 Å². The van der Waals surface area contributed by atoms with Crippen molar-refractivity contribution in [1.29, 1.82) is 0 Å². The molecule has 2 aromatic heterocycles. The fourth-order valence-corrected chi connectivity index (χ4v) is 2.56. The van der Waals surface area contributed by atoms with Gasteiger partial charge in [0.05, 0.1) is 17.4 Å². The molecule has 0 atom stereocenters. The Kier molecular flexibility index (Phi) is 5.46. The molecule has 0 aliphatic heterocycles. The number of ether oxygens (including phenoxy) is 2. The minimum atomic E-state index is -0.688. The molecular weight excluding hydrogens is 324 g/mol. The van der Waals surface area contributed by atoms with E-state index in [1.807, 2.05) is 0 Å². The average Bonchev–Trinajstić information content (AvgIpc) is 3.07. The summed E-state index contributed by atoms with van der Waals surface area (Å²) in [4.78, 5) is 39.3. The van der Waals surface area contributed by atoms with Crippen molar-refractivity contribution in [2.45, 2.75) is 33.8 Å². The fourth-order valence-electron chi connectivity index (χ4n) is 2.56. The van der Waals surface area contributed by atoms with Crippen molar-refractivity contribution in [1.82, 2.24) is 9.55 Å². The van der Waals surface area contributed by atoms with E-state index in [1.54, 1.807) is 57.6 Å². The van der Waals surface area contributed by atoms with Crippen LogP contribution >= 0.6 is 0 Å². The second-order valence-electron chi connectivity index (χ2n) is 6.08. The standard InChI is InChI=1S/C18H22N2O5/c1-10(2)25-17(22)15-11(3)16(19-12(15)4)18(23)24-9-14(21)13-7-6-8-20(13)5/h6-8,10,19H,9H2,1-5H3. The highest BCUT2D eigenvalue weighted by atomic mass is 16.5. The number of ketones is 1. The number of nitrogens with zero attached hydrogens (tertiary/aromatic N) is 1. The number of aromatic nitrogens is 2. The number of H-pyrrole nitrogens is 1. The maximum absolute atomic E-state index is 12.3. The van der Waals surface area contributed by atoms with Gasteiger partial charge in [-0.25, -0.2) is 9.59 Å². The third-order valence-corrected chi connectivity index (χ3v) is 3.75. The van der Waals surface area contributed by atoms with Gasteiger partial charge in [0.15, 0.2) is 6.61 Å². The smallest absolute Gasteiger partial charge is 0.355 e. The molecular formula is C18H22N2O5. The van der Waals surface area contributed by atoms with E-state index in [1.165, 1.54) is 0 Å². The van der Waals surface area contributed by atoms with Gasteiger partial charge in [-0.15, -0.1) is 0 Å². The molecule has 2 rings (SSSR count). The molecule has 2 heterocycles. The molecule has 0 unspecified atom stereocenters. The van der Waals surface area contributed by atoms with E-state index in [-0.39, 0.29) is 24.2 Å². The number of carbonyl (C=O) groups is 3. The molecule has 0 aliphatic carbocycles. The predicted octanol–water partition coefficient (Wildman–Crippen LogP) is 2.57. The highest BCUT2D eigenvalue weighted by Gasteiger charge is 2.25. The third-order valence-electron chi connectivity index (χ3n) is 3.75. The lowest BCUT2D eigenvalue weighted by Gasteiger charge is -2.08. The van der Waals surface area contributed by atoms with Crippen LogP contribution in [0.25, 0.3) is 0 Å². The third kappa shape index (κ3) is 3.99. The van der Waals surface area contributed by atoms with E-state index < -0.39 is 11.9 Å². The minimum absolute atomic E-state index is 0.146. The fraction of sp³-hybridized carbons (Fsp3) is 0.389. The van der Waals surface area contributed by atoms with E-state index in [0.29, 0.717) is 22.5 Å². The largest absolute Gasteiger partial charge is 0.459 e. The van der Waals surface area contributed by atoms with Gasteiger partial charge in [0.25, 0.3) is 0 Å². The summed E-state index contributed by atoms with van der Waals surface area (Å²) in [5.74, 6) is -1.49. The SMILES string of the molecule is Cc1[nH]c(C(=O)OCC(=O)c2cccn2C)c(C)c1C(=O)OC(C)C. The predicted molar refractivity (Wildman–Crippen MR) is 90.8 cm³/mol. The monoisotopic (exact) mass is 346 g/mol. The van der Waals surface area contributed by atoms with Crippen LogP contribution < -0.4 is 0 Å². The molecule has 0 spiro atoms. The summed E-state index contributed by atoms with van der Waals surface area (Å²) in [7, 11) is 1.74. The molecule has 7 heteroatoms. The van der Waals surface area contributed by atoms with Gasteiger partial charge in [0, 0.05) is 18.9 Å². The van der Waals surface area contributed by atoms with Crippen LogP contribution in [0.2, 0.25) is 0 Å². The van der Waals surface area contributed by atoms with E-state index in [9.17, 15) is 14.4 Å². The highest BCUT2D eigenvalue weighted by molar-refractivity contribution is 6.00. The number of rotatable bonds is 6. The summed E-state index contributed by atoms with van der Waals surface area (Å²) >= 11 is 0. The zero-order valence-electron chi connectivity index (χ0n) is 15.0. The normalized spacial score (nSPS) is 10.8. The van der Waals surface area contributed by atoms with Gasteiger partial charge >= 0.3 is 11.9 Å². The highest BCUT2D eigenvalue weighted by Crippen LogP contribution is 2.20. The molecule has 0 bridgehead atoms. The lowest BCUT2D eigenvalue weighted by atomic mass is 10.1. The summed E-state index contributed by atoms with van der Waals surface area (Å²) in [6.45, 7) is 6.44. The molecule has 25 heavy (non-hydrogen) atoms. The van der Waals surface area contributed by atoms with Crippen LogP contribution in [0.4, 0.5) is 0 Å². The van der Waals surface area contributed by atoms with Gasteiger partial charge in [-0.3, -0.25) is 4.79 Å². The lowest BCUT2D eigenvalue weighted by Crippen LogP contribution is -2.17. The van der Waals surface area contributed by atoms with Crippen LogP contribution in [-0.4, -0.2) is 40.0 Å². The van der Waals surface area contributed by atoms with Crippen molar-refractivity contribution in [3.05, 3.63) is 46.5 Å². The summed E-state index contributed by atoms with van der Waals surface area (Å²) in [6, 6.07) is 3.39. The van der Waals surface area contributed by atoms with E-state index in [4.69, 9.17) is 9.47 Å². The number of aromatic amines is 1. The molecule has 0 aliphatic rings. The summed E-state index contributed by atoms with van der Waals surface area (Å²) in [6.07, 6.45) is 1.47. The van der Waals surface area contributed by atoms with Gasteiger partial charge < -0.3 is 19.0 Å². The molecule has 0 saturated heterocycles. The number of aryl methyl sites for hydroxylation is 2. The average molecular weight is 346 g/mol. The topological polar surface area (TPSA) is 90.4 Å². The number of hydrogen-bond donors (Lipinski definition) is 1. The Bertz CT molecular complexity index is 814. The Morgan fingerprint density at radius 1 is 1.20 bits per heavy atom. The van der Waals surface area contributed by atoms with Crippen molar-refractivity contribution in [2.75, 3.05) is 6.61 Å². The molecule has 134 valence electrons. The Labute approximate surface area is 145 Å². The van der Waals surface area contributed by atoms with E-state index >= 15 is 0 Å². The van der Waals surface area contributed by atoms with Crippen LogP contribution in [0.5, 0.6) is 0 Å². The molecule has 0 amide bonds. The van der Waals surface area contributed by atoms with Crippen molar-refractivity contribution in [2.24, 2.45) is 7.05 Å². The first kappa shape index (κ1) is 18.5. The Balaban J connectivity index is 2.11. The molecule has 7 nitrogen and oxygen atoms in total. The first-order valence-corrected chi connectivity index (χ1v) is 7.94. The number of carbonyl (C=O) groups excluding carboxylic acids is 3. The second-order valence-corrected chi connectivity index (χ2v) is 6.08. The van der Waals surface area contributed by atoms with Gasteiger partial charge in [-0.2, -0.15) is 0 Å². The van der Waals surface area contributed by atoms with Crippen LogP contribution in [-0.2, 0) is 16.5 Å². The molecule has 2 aromatic rings. The molecule has 1 N–H and O–H groups in total. The maximum atomic E-state index is 12.3. The quantitative estimate of drug-likeness (QED) is 0.641. The Morgan fingerprint density at radius 3 is 2.44 bits per heavy atom. The van der Waals surface area contributed by atoms with Crippen molar-refractivity contribution in [3.63, 3.8) is 0 Å². The number of hydrogen-bond acceptors (Lipinski definition) is 5. The molecule has 0 saturated carbocycles. The molecule has 0 aromatic carbocycles. The van der Waals surface area contributed by atoms with Crippen molar-refractivity contribution < 1.29 is 23.9 Å². The number of Topliss-reactive ketones (excluding diaryl/α,β-unsaturated/α-hetero) is 1. The van der Waals surface area contributed by atoms with Crippen molar-refractivity contribution >= 4 is 17.7 Å². The van der Waals surface area contributed by atoms with Crippen LogP contribution in [0.15, 0.2) is 18.3 Å².